The Hall–Kier alpha value is -2.35. The molecule has 0 radical (unpaired) electrons. The monoisotopic (exact) mass is 332 g/mol. The Balaban J connectivity index is 1.85. The molecule has 25 heavy (non-hydrogen) atoms. The van der Waals surface area contributed by atoms with E-state index in [9.17, 15) is 4.79 Å². The summed E-state index contributed by atoms with van der Waals surface area (Å²) < 4.78 is 5.68. The van der Waals surface area contributed by atoms with Crippen LogP contribution in [-0.2, 0) is 16.0 Å². The van der Waals surface area contributed by atoms with Crippen LogP contribution < -0.4 is 0 Å². The van der Waals surface area contributed by atoms with Crippen molar-refractivity contribution in [2.75, 3.05) is 0 Å². The summed E-state index contributed by atoms with van der Waals surface area (Å²) in [6.07, 6.45) is 2.94. The molecule has 0 saturated carbocycles. The Morgan fingerprint density at radius 3 is 2.52 bits per heavy atom. The van der Waals surface area contributed by atoms with Crippen molar-refractivity contribution < 1.29 is 9.53 Å². The van der Waals surface area contributed by atoms with Gasteiger partial charge in [0.15, 0.2) is 0 Å². The number of hydrogen-bond donors (Lipinski definition) is 0. The van der Waals surface area contributed by atoms with Crippen molar-refractivity contribution in [2.45, 2.75) is 51.6 Å². The van der Waals surface area contributed by atoms with Gasteiger partial charge in [-0.25, -0.2) is 0 Å². The maximum Gasteiger partial charge on any atom is 0.313 e. The number of rotatable bonds is 1. The van der Waals surface area contributed by atoms with Gasteiger partial charge in [-0.05, 0) is 72.7 Å². The van der Waals surface area contributed by atoms with Gasteiger partial charge in [0.05, 0.1) is 5.92 Å². The lowest BCUT2D eigenvalue weighted by Crippen LogP contribution is -2.29. The number of fused-ring (bicyclic) bond motifs is 5. The molecule has 0 N–H and O–H groups in total. The van der Waals surface area contributed by atoms with E-state index in [-0.39, 0.29) is 11.9 Å². The first-order chi connectivity index (χ1) is 11.9. The molecule has 0 amide bonds. The van der Waals surface area contributed by atoms with E-state index in [4.69, 9.17) is 4.74 Å². The molecule has 0 fully saturated rings. The van der Waals surface area contributed by atoms with Crippen molar-refractivity contribution >= 4 is 27.5 Å². The molecule has 3 aromatic rings. The molecule has 2 nitrogen and oxygen atoms in total. The summed E-state index contributed by atoms with van der Waals surface area (Å²) in [5.41, 5.74) is 2.04. The fourth-order valence-electron chi connectivity index (χ4n) is 4.03. The third kappa shape index (κ3) is 2.90. The molecule has 0 spiro atoms. The highest BCUT2D eigenvalue weighted by Crippen LogP contribution is 2.39. The van der Waals surface area contributed by atoms with Crippen molar-refractivity contribution in [1.82, 2.24) is 0 Å². The zero-order chi connectivity index (χ0) is 17.6. The topological polar surface area (TPSA) is 26.3 Å². The van der Waals surface area contributed by atoms with Crippen LogP contribution in [0.25, 0.3) is 21.5 Å². The number of esters is 1. The summed E-state index contributed by atoms with van der Waals surface area (Å²) in [6.45, 7) is 5.80. The number of hydrogen-bond acceptors (Lipinski definition) is 2. The lowest BCUT2D eigenvalue weighted by molar-refractivity contribution is -0.157. The summed E-state index contributed by atoms with van der Waals surface area (Å²) in [7, 11) is 0. The number of carbonyl (C=O) groups excluding carboxylic acids is 1. The highest BCUT2D eigenvalue weighted by atomic mass is 16.6. The first kappa shape index (κ1) is 16.1. The van der Waals surface area contributed by atoms with Gasteiger partial charge in [0, 0.05) is 0 Å². The zero-order valence-corrected chi connectivity index (χ0v) is 15.1. The molecule has 0 saturated heterocycles. The van der Waals surface area contributed by atoms with Crippen LogP contribution in [-0.4, -0.2) is 11.6 Å². The fourth-order valence-corrected chi connectivity index (χ4v) is 4.03. The molecule has 128 valence electrons. The van der Waals surface area contributed by atoms with Crippen LogP contribution in [0, 0.1) is 0 Å². The fraction of sp³-hybridized carbons (Fsp3) is 0.348. The van der Waals surface area contributed by atoms with Crippen molar-refractivity contribution in [1.29, 1.82) is 0 Å². The molecule has 0 aromatic heterocycles. The average molecular weight is 332 g/mol. The molecular formula is C23H24O2. The molecular weight excluding hydrogens is 308 g/mol. The van der Waals surface area contributed by atoms with Gasteiger partial charge in [-0.15, -0.1) is 0 Å². The second-order valence-corrected chi connectivity index (χ2v) is 7.99. The van der Waals surface area contributed by atoms with Gasteiger partial charge in [0.25, 0.3) is 0 Å². The summed E-state index contributed by atoms with van der Waals surface area (Å²) in [4.78, 5) is 12.7. The largest absolute Gasteiger partial charge is 0.459 e. The standard InChI is InChI=1S/C23H24O2/c1-23(2,3)25-22(24)21-10-6-9-17-19-12-11-15-7-4-5-8-16(15)18(19)13-14-20(17)21/h4-5,7-8,11-14,21H,6,9-10H2,1-3H3. The summed E-state index contributed by atoms with van der Waals surface area (Å²) in [5, 5.41) is 5.10. The van der Waals surface area contributed by atoms with Crippen LogP contribution in [0.4, 0.5) is 0 Å². The van der Waals surface area contributed by atoms with Crippen molar-refractivity contribution in [3.8, 4) is 0 Å². The van der Waals surface area contributed by atoms with Gasteiger partial charge < -0.3 is 4.74 Å². The van der Waals surface area contributed by atoms with E-state index < -0.39 is 5.60 Å². The lowest BCUT2D eigenvalue weighted by atomic mass is 9.80. The predicted molar refractivity (Wildman–Crippen MR) is 103 cm³/mol. The minimum atomic E-state index is -0.443. The van der Waals surface area contributed by atoms with E-state index in [2.05, 4.69) is 48.5 Å². The molecule has 0 heterocycles. The van der Waals surface area contributed by atoms with E-state index in [0.717, 1.165) is 24.8 Å². The molecule has 2 heteroatoms. The van der Waals surface area contributed by atoms with Crippen molar-refractivity contribution in [3.63, 3.8) is 0 Å². The van der Waals surface area contributed by atoms with E-state index in [0.29, 0.717) is 0 Å². The Morgan fingerprint density at radius 2 is 1.72 bits per heavy atom. The van der Waals surface area contributed by atoms with E-state index in [1.807, 2.05) is 20.8 Å². The van der Waals surface area contributed by atoms with Gasteiger partial charge in [-0.1, -0.05) is 48.5 Å². The van der Waals surface area contributed by atoms with Crippen LogP contribution in [0.1, 0.15) is 50.7 Å². The summed E-state index contributed by atoms with van der Waals surface area (Å²) in [5.74, 6) is -0.229. The molecule has 4 rings (SSSR count). The minimum absolute atomic E-state index is 0.0893. The highest BCUT2D eigenvalue weighted by molar-refractivity contribution is 6.09. The van der Waals surface area contributed by atoms with Crippen LogP contribution in [0.5, 0.6) is 0 Å². The SMILES string of the molecule is CC(C)(C)OC(=O)C1CCCc2c1ccc1c2ccc2ccccc21. The van der Waals surface area contributed by atoms with Gasteiger partial charge in [-0.3, -0.25) is 4.79 Å². The number of benzene rings is 3. The van der Waals surface area contributed by atoms with Crippen molar-refractivity contribution in [3.05, 3.63) is 59.7 Å². The van der Waals surface area contributed by atoms with Gasteiger partial charge in [0.1, 0.15) is 5.60 Å². The van der Waals surface area contributed by atoms with Crippen LogP contribution in [0.2, 0.25) is 0 Å². The third-order valence-corrected chi connectivity index (χ3v) is 5.06. The summed E-state index contributed by atoms with van der Waals surface area (Å²) >= 11 is 0. The Bertz CT molecular complexity index is 963. The molecule has 1 aliphatic carbocycles. The van der Waals surface area contributed by atoms with Gasteiger partial charge >= 0.3 is 5.97 Å². The molecule has 0 aliphatic heterocycles. The van der Waals surface area contributed by atoms with Gasteiger partial charge in [-0.2, -0.15) is 0 Å². The van der Waals surface area contributed by atoms with Crippen molar-refractivity contribution in [2.24, 2.45) is 0 Å². The Labute approximate surface area is 148 Å². The second kappa shape index (κ2) is 5.87. The molecule has 1 unspecified atom stereocenters. The Morgan fingerprint density at radius 1 is 0.960 bits per heavy atom. The maximum absolute atomic E-state index is 12.7. The molecule has 1 atom stereocenters. The second-order valence-electron chi connectivity index (χ2n) is 7.99. The van der Waals surface area contributed by atoms with Gasteiger partial charge in [0.2, 0.25) is 0 Å². The number of aryl methyl sites for hydroxylation is 1. The summed E-state index contributed by atoms with van der Waals surface area (Å²) in [6, 6.07) is 17.2. The average Bonchev–Trinajstić information content (AvgIpc) is 2.59. The highest BCUT2D eigenvalue weighted by Gasteiger charge is 2.31. The Kier molecular flexibility index (Phi) is 3.79. The predicted octanol–water partition coefficient (Wildman–Crippen LogP) is 5.75. The smallest absolute Gasteiger partial charge is 0.313 e. The van der Waals surface area contributed by atoms with E-state index >= 15 is 0 Å². The number of ether oxygens (including phenoxy) is 1. The quantitative estimate of drug-likeness (QED) is 0.418. The minimum Gasteiger partial charge on any atom is -0.459 e. The zero-order valence-electron chi connectivity index (χ0n) is 15.1. The van der Waals surface area contributed by atoms with E-state index in [1.54, 1.807) is 0 Å². The molecule has 3 aromatic carbocycles. The molecule has 1 aliphatic rings. The maximum atomic E-state index is 12.7. The normalized spacial score (nSPS) is 17.5. The van der Waals surface area contributed by atoms with E-state index in [1.165, 1.54) is 27.1 Å². The van der Waals surface area contributed by atoms with Crippen LogP contribution in [0.3, 0.4) is 0 Å². The van der Waals surface area contributed by atoms with Crippen LogP contribution in [0.15, 0.2) is 48.5 Å². The van der Waals surface area contributed by atoms with Crippen LogP contribution >= 0.6 is 0 Å². The molecule has 0 bridgehead atoms. The lowest BCUT2D eigenvalue weighted by Gasteiger charge is -2.29. The first-order valence-electron chi connectivity index (χ1n) is 9.10. The third-order valence-electron chi connectivity index (χ3n) is 5.06. The number of carbonyl (C=O) groups is 1. The first-order valence-corrected chi connectivity index (χ1v) is 9.10.